The van der Waals surface area contributed by atoms with E-state index in [1.165, 1.54) is 4.57 Å². The van der Waals surface area contributed by atoms with E-state index >= 15 is 0 Å². The number of nitrogens with one attached hydrogen (secondary N) is 1. The van der Waals surface area contributed by atoms with E-state index in [0.717, 1.165) is 22.6 Å². The van der Waals surface area contributed by atoms with Crippen LogP contribution in [-0.4, -0.2) is 16.2 Å². The molecule has 0 radical (unpaired) electrons. The summed E-state index contributed by atoms with van der Waals surface area (Å²) in [5.74, 6) is 0.748. The van der Waals surface area contributed by atoms with Gasteiger partial charge in [-0.25, -0.2) is 4.79 Å². The molecule has 0 aliphatic rings. The lowest BCUT2D eigenvalue weighted by molar-refractivity contribution is 0.415. The fourth-order valence-electron chi connectivity index (χ4n) is 4.03. The van der Waals surface area contributed by atoms with Crippen molar-refractivity contribution < 1.29 is 4.74 Å². The summed E-state index contributed by atoms with van der Waals surface area (Å²) in [6.07, 6.45) is 3.97. The maximum absolute atomic E-state index is 13.7. The van der Waals surface area contributed by atoms with Crippen LogP contribution < -0.4 is 21.3 Å². The van der Waals surface area contributed by atoms with Gasteiger partial charge in [-0.1, -0.05) is 66.7 Å². The van der Waals surface area contributed by atoms with Gasteiger partial charge < -0.3 is 10.1 Å². The van der Waals surface area contributed by atoms with Crippen LogP contribution in [0.2, 0.25) is 0 Å². The second-order valence-electron chi connectivity index (χ2n) is 8.31. The van der Waals surface area contributed by atoms with Crippen LogP contribution in [-0.2, 0) is 13.1 Å². The van der Waals surface area contributed by atoms with Crippen LogP contribution >= 0.6 is 0 Å². The van der Waals surface area contributed by atoms with Crippen molar-refractivity contribution in [3.05, 3.63) is 141 Å². The first-order chi connectivity index (χ1) is 17.1. The highest BCUT2D eigenvalue weighted by atomic mass is 16.5. The number of methoxy groups -OCH3 is 1. The van der Waals surface area contributed by atoms with E-state index in [4.69, 9.17) is 4.74 Å². The van der Waals surface area contributed by atoms with Crippen molar-refractivity contribution in [2.75, 3.05) is 12.4 Å². The molecule has 0 saturated heterocycles. The number of anilines is 1. The number of benzene rings is 3. The summed E-state index contributed by atoms with van der Waals surface area (Å²) in [6, 6.07) is 26.4. The van der Waals surface area contributed by atoms with E-state index in [0.29, 0.717) is 18.5 Å². The molecular formula is C29H29N3O3. The van der Waals surface area contributed by atoms with E-state index in [-0.39, 0.29) is 23.8 Å². The number of hydrogen-bond acceptors (Lipinski definition) is 4. The summed E-state index contributed by atoms with van der Waals surface area (Å²) >= 11 is 0. The van der Waals surface area contributed by atoms with Crippen LogP contribution in [0.4, 0.5) is 5.69 Å². The molecule has 1 heterocycles. The second kappa shape index (κ2) is 11.2. The summed E-state index contributed by atoms with van der Waals surface area (Å²) in [5.41, 5.74) is 2.57. The van der Waals surface area contributed by atoms with Gasteiger partial charge in [-0.2, -0.15) is 0 Å². The maximum Gasteiger partial charge on any atom is 0.331 e. The molecule has 0 fully saturated rings. The molecule has 0 bridgehead atoms. The Hall–Kier alpha value is -4.32. The van der Waals surface area contributed by atoms with Crippen molar-refractivity contribution in [3.63, 3.8) is 0 Å². The molecule has 178 valence electrons. The lowest BCUT2D eigenvalue weighted by Gasteiger charge is -2.21. The summed E-state index contributed by atoms with van der Waals surface area (Å²) in [6.45, 7) is 4.45. The first-order valence-electron chi connectivity index (χ1n) is 11.5. The topological polar surface area (TPSA) is 65.3 Å². The number of hydrogen-bond donors (Lipinski definition) is 1. The first-order valence-corrected chi connectivity index (χ1v) is 11.5. The van der Waals surface area contributed by atoms with Gasteiger partial charge in [0.1, 0.15) is 5.75 Å². The Balaban J connectivity index is 1.79. The molecule has 0 amide bonds. The van der Waals surface area contributed by atoms with Crippen LogP contribution in [0.15, 0.2) is 113 Å². The first kappa shape index (κ1) is 23.8. The van der Waals surface area contributed by atoms with Gasteiger partial charge >= 0.3 is 5.69 Å². The lowest BCUT2D eigenvalue weighted by atomic mass is 10.1. The Kier molecular flexibility index (Phi) is 7.63. The molecule has 4 rings (SSSR count). The lowest BCUT2D eigenvalue weighted by Crippen LogP contribution is -2.43. The molecule has 3 aromatic carbocycles. The van der Waals surface area contributed by atoms with Crippen LogP contribution in [0.3, 0.4) is 0 Å². The van der Waals surface area contributed by atoms with Gasteiger partial charge in [0, 0.05) is 11.9 Å². The molecule has 0 aliphatic carbocycles. The molecule has 4 aromatic rings. The SMILES string of the molecule is C=CCC(Nc1ccc(OC)cc1)c1cn(Cc2ccccc2)c(=O)n(Cc2ccccc2)c1=O. The van der Waals surface area contributed by atoms with Crippen molar-refractivity contribution in [1.29, 1.82) is 0 Å². The maximum atomic E-state index is 13.7. The van der Waals surface area contributed by atoms with E-state index in [9.17, 15) is 9.59 Å². The molecule has 1 atom stereocenters. The third-order valence-corrected chi connectivity index (χ3v) is 5.85. The molecule has 0 saturated carbocycles. The Morgan fingerprint density at radius 3 is 2.06 bits per heavy atom. The Morgan fingerprint density at radius 1 is 0.886 bits per heavy atom. The minimum absolute atomic E-state index is 0.199. The number of nitrogens with zero attached hydrogens (tertiary/aromatic N) is 2. The van der Waals surface area contributed by atoms with Crippen LogP contribution in [0.25, 0.3) is 0 Å². The fourth-order valence-corrected chi connectivity index (χ4v) is 4.03. The molecule has 0 spiro atoms. The molecule has 6 heteroatoms. The zero-order valence-electron chi connectivity index (χ0n) is 19.8. The monoisotopic (exact) mass is 467 g/mol. The highest BCUT2D eigenvalue weighted by Gasteiger charge is 2.20. The fraction of sp³-hybridized carbons (Fsp3) is 0.172. The smallest absolute Gasteiger partial charge is 0.331 e. The standard InChI is InChI=1S/C29H29N3O3/c1-3-10-27(30-24-15-17-25(35-2)18-16-24)26-21-31(19-22-11-6-4-7-12-22)29(34)32(28(26)33)20-23-13-8-5-9-14-23/h3-9,11-18,21,27,30H,1,10,19-20H2,2H3. The normalized spacial score (nSPS) is 11.6. The Morgan fingerprint density at radius 2 is 1.49 bits per heavy atom. The third kappa shape index (κ3) is 5.79. The van der Waals surface area contributed by atoms with Crippen LogP contribution in [0.1, 0.15) is 29.2 Å². The number of rotatable bonds is 10. The third-order valence-electron chi connectivity index (χ3n) is 5.85. The average molecular weight is 468 g/mol. The summed E-state index contributed by atoms with van der Waals surface area (Å²) in [5, 5.41) is 3.43. The summed E-state index contributed by atoms with van der Waals surface area (Å²) in [4.78, 5) is 27.1. The van der Waals surface area contributed by atoms with Crippen molar-refractivity contribution in [1.82, 2.24) is 9.13 Å². The van der Waals surface area contributed by atoms with Crippen molar-refractivity contribution in [2.45, 2.75) is 25.6 Å². The van der Waals surface area contributed by atoms with Crippen molar-refractivity contribution in [3.8, 4) is 5.75 Å². The van der Waals surface area contributed by atoms with Gasteiger partial charge in [0.05, 0.1) is 31.8 Å². The predicted octanol–water partition coefficient (Wildman–Crippen LogP) is 4.84. The van der Waals surface area contributed by atoms with Gasteiger partial charge in [-0.3, -0.25) is 13.9 Å². The quantitative estimate of drug-likeness (QED) is 0.339. The largest absolute Gasteiger partial charge is 0.497 e. The molecule has 0 aliphatic heterocycles. The second-order valence-corrected chi connectivity index (χ2v) is 8.31. The van der Waals surface area contributed by atoms with Gasteiger partial charge in [-0.15, -0.1) is 6.58 Å². The van der Waals surface area contributed by atoms with Crippen LogP contribution in [0.5, 0.6) is 5.75 Å². The zero-order chi connectivity index (χ0) is 24.6. The molecule has 6 nitrogen and oxygen atoms in total. The van der Waals surface area contributed by atoms with E-state index < -0.39 is 0 Å². The van der Waals surface area contributed by atoms with Gasteiger partial charge in [0.15, 0.2) is 0 Å². The van der Waals surface area contributed by atoms with Crippen molar-refractivity contribution >= 4 is 5.69 Å². The molecule has 1 aromatic heterocycles. The van der Waals surface area contributed by atoms with Crippen molar-refractivity contribution in [2.24, 2.45) is 0 Å². The Bertz CT molecular complexity index is 1380. The Labute approximate surface area is 204 Å². The van der Waals surface area contributed by atoms with Crippen LogP contribution in [0, 0.1) is 0 Å². The van der Waals surface area contributed by atoms with Gasteiger partial charge in [0.2, 0.25) is 0 Å². The predicted molar refractivity (Wildman–Crippen MR) is 140 cm³/mol. The molecular weight excluding hydrogens is 438 g/mol. The molecule has 35 heavy (non-hydrogen) atoms. The van der Waals surface area contributed by atoms with E-state index in [1.54, 1.807) is 23.9 Å². The number of ether oxygens (including phenoxy) is 1. The number of aromatic nitrogens is 2. The highest BCUT2D eigenvalue weighted by molar-refractivity contribution is 5.48. The van der Waals surface area contributed by atoms with E-state index in [1.807, 2.05) is 84.9 Å². The molecule has 1 unspecified atom stereocenters. The highest BCUT2D eigenvalue weighted by Crippen LogP contribution is 2.23. The minimum atomic E-state index is -0.363. The van der Waals surface area contributed by atoms with Gasteiger partial charge in [-0.05, 0) is 41.8 Å². The van der Waals surface area contributed by atoms with Gasteiger partial charge in [0.25, 0.3) is 5.56 Å². The summed E-state index contributed by atoms with van der Waals surface area (Å²) < 4.78 is 8.18. The van der Waals surface area contributed by atoms with E-state index in [2.05, 4.69) is 11.9 Å². The summed E-state index contributed by atoms with van der Waals surface area (Å²) in [7, 11) is 1.62. The molecule has 1 N–H and O–H groups in total. The zero-order valence-corrected chi connectivity index (χ0v) is 19.8. The average Bonchev–Trinajstić information content (AvgIpc) is 2.89. The minimum Gasteiger partial charge on any atom is -0.497 e.